The Kier molecular flexibility index (Phi) is 3.33. The van der Waals surface area contributed by atoms with Gasteiger partial charge < -0.3 is 14.4 Å². The maximum Gasteiger partial charge on any atom is 0.341 e. The summed E-state index contributed by atoms with van der Waals surface area (Å²) in [7, 11) is 3.55. The third-order valence-electron chi connectivity index (χ3n) is 2.96. The second kappa shape index (κ2) is 4.79. The number of carbonyl (C=O) groups is 1. The molecule has 0 unspecified atom stereocenters. The van der Waals surface area contributed by atoms with Crippen molar-refractivity contribution in [2.24, 2.45) is 7.05 Å². The first-order valence-electron chi connectivity index (χ1n) is 5.93. The highest BCUT2D eigenvalue weighted by atomic mass is 16.4. The number of anilines is 1. The van der Waals surface area contributed by atoms with Gasteiger partial charge in [0.05, 0.1) is 12.2 Å². The minimum atomic E-state index is -0.969. The van der Waals surface area contributed by atoms with Gasteiger partial charge in [-0.3, -0.25) is 4.68 Å². The van der Waals surface area contributed by atoms with E-state index in [0.29, 0.717) is 18.1 Å². The fraction of sp³-hybridized carbons (Fsp3) is 0.385. The van der Waals surface area contributed by atoms with E-state index in [1.54, 1.807) is 18.7 Å². The summed E-state index contributed by atoms with van der Waals surface area (Å²) in [4.78, 5) is 13.1. The molecule has 19 heavy (non-hydrogen) atoms. The van der Waals surface area contributed by atoms with Gasteiger partial charge in [0.25, 0.3) is 0 Å². The molecule has 0 aliphatic carbocycles. The Morgan fingerprint density at radius 2 is 2.16 bits per heavy atom. The molecule has 0 fully saturated rings. The fourth-order valence-electron chi connectivity index (χ4n) is 2.21. The van der Waals surface area contributed by atoms with Crippen molar-refractivity contribution >= 4 is 11.8 Å². The molecule has 6 heteroatoms. The summed E-state index contributed by atoms with van der Waals surface area (Å²) in [5, 5.41) is 13.4. The molecule has 0 saturated carbocycles. The monoisotopic (exact) mass is 263 g/mol. The minimum absolute atomic E-state index is 0.230. The van der Waals surface area contributed by atoms with Crippen LogP contribution >= 0.6 is 0 Å². The van der Waals surface area contributed by atoms with Crippen LogP contribution in [0.25, 0.3) is 0 Å². The van der Waals surface area contributed by atoms with Crippen LogP contribution in [0.5, 0.6) is 0 Å². The van der Waals surface area contributed by atoms with Crippen LogP contribution in [-0.2, 0) is 13.6 Å². The van der Waals surface area contributed by atoms with E-state index < -0.39 is 5.97 Å². The SMILES string of the molecule is Cc1ccc(CN(C)c2c(C(=O)O)c(C)nn2C)o1. The number of carboxylic acids is 1. The molecular weight excluding hydrogens is 246 g/mol. The van der Waals surface area contributed by atoms with Gasteiger partial charge in [0.1, 0.15) is 22.9 Å². The molecule has 0 amide bonds. The zero-order valence-electron chi connectivity index (χ0n) is 11.5. The predicted molar refractivity (Wildman–Crippen MR) is 70.5 cm³/mol. The van der Waals surface area contributed by atoms with Gasteiger partial charge in [0, 0.05) is 14.1 Å². The smallest absolute Gasteiger partial charge is 0.341 e. The summed E-state index contributed by atoms with van der Waals surface area (Å²) in [5.74, 6) is 1.22. The average molecular weight is 263 g/mol. The second-order valence-electron chi connectivity index (χ2n) is 4.58. The molecule has 0 atom stereocenters. The third-order valence-corrected chi connectivity index (χ3v) is 2.96. The molecule has 0 aliphatic rings. The Balaban J connectivity index is 2.33. The number of furan rings is 1. The zero-order valence-corrected chi connectivity index (χ0v) is 11.5. The highest BCUT2D eigenvalue weighted by molar-refractivity contribution is 5.94. The summed E-state index contributed by atoms with van der Waals surface area (Å²) in [5.41, 5.74) is 0.737. The van der Waals surface area contributed by atoms with Crippen molar-refractivity contribution in [2.75, 3.05) is 11.9 Å². The Labute approximate surface area is 111 Å². The molecule has 2 heterocycles. The van der Waals surface area contributed by atoms with Gasteiger partial charge in [-0.15, -0.1) is 0 Å². The van der Waals surface area contributed by atoms with E-state index in [-0.39, 0.29) is 5.56 Å². The first-order chi connectivity index (χ1) is 8.90. The normalized spacial score (nSPS) is 10.7. The van der Waals surface area contributed by atoms with Crippen LogP contribution in [0.15, 0.2) is 16.5 Å². The van der Waals surface area contributed by atoms with E-state index in [0.717, 1.165) is 11.5 Å². The van der Waals surface area contributed by atoms with E-state index in [1.807, 2.05) is 31.0 Å². The lowest BCUT2D eigenvalue weighted by molar-refractivity contribution is 0.0696. The first kappa shape index (κ1) is 13.2. The fourth-order valence-corrected chi connectivity index (χ4v) is 2.21. The molecule has 2 aromatic heterocycles. The Bertz CT molecular complexity index is 613. The van der Waals surface area contributed by atoms with E-state index in [1.165, 1.54) is 0 Å². The number of hydrogen-bond donors (Lipinski definition) is 1. The van der Waals surface area contributed by atoms with E-state index in [2.05, 4.69) is 5.10 Å². The molecule has 0 bridgehead atoms. The number of aryl methyl sites for hydroxylation is 3. The van der Waals surface area contributed by atoms with Crippen LogP contribution in [-0.4, -0.2) is 27.9 Å². The maximum atomic E-state index is 11.3. The number of hydrogen-bond acceptors (Lipinski definition) is 4. The van der Waals surface area contributed by atoms with Crippen LogP contribution in [0.1, 0.15) is 27.6 Å². The van der Waals surface area contributed by atoms with Gasteiger partial charge in [-0.25, -0.2) is 4.79 Å². The van der Waals surface area contributed by atoms with Crippen LogP contribution in [0.3, 0.4) is 0 Å². The van der Waals surface area contributed by atoms with Gasteiger partial charge in [-0.2, -0.15) is 5.10 Å². The lowest BCUT2D eigenvalue weighted by Gasteiger charge is -2.18. The molecule has 0 aromatic carbocycles. The van der Waals surface area contributed by atoms with Crippen molar-refractivity contribution in [1.82, 2.24) is 9.78 Å². The van der Waals surface area contributed by atoms with Gasteiger partial charge in [-0.1, -0.05) is 0 Å². The molecule has 6 nitrogen and oxygen atoms in total. The topological polar surface area (TPSA) is 71.5 Å². The van der Waals surface area contributed by atoms with E-state index in [4.69, 9.17) is 4.42 Å². The molecule has 0 saturated heterocycles. The Hall–Kier alpha value is -2.24. The summed E-state index contributed by atoms with van der Waals surface area (Å²) < 4.78 is 7.08. The largest absolute Gasteiger partial charge is 0.477 e. The van der Waals surface area contributed by atoms with Crippen molar-refractivity contribution in [3.05, 3.63) is 34.9 Å². The van der Waals surface area contributed by atoms with E-state index >= 15 is 0 Å². The molecule has 0 radical (unpaired) electrons. The number of rotatable bonds is 4. The first-order valence-corrected chi connectivity index (χ1v) is 5.93. The number of aromatic carboxylic acids is 1. The van der Waals surface area contributed by atoms with Crippen molar-refractivity contribution in [3.8, 4) is 0 Å². The molecule has 0 spiro atoms. The summed E-state index contributed by atoms with van der Waals surface area (Å²) in [6.07, 6.45) is 0. The Morgan fingerprint density at radius 3 is 2.68 bits per heavy atom. The van der Waals surface area contributed by atoms with Gasteiger partial charge in [-0.05, 0) is 26.0 Å². The molecule has 2 rings (SSSR count). The predicted octanol–water partition coefficient (Wildman–Crippen LogP) is 1.96. The van der Waals surface area contributed by atoms with Crippen LogP contribution < -0.4 is 4.90 Å². The van der Waals surface area contributed by atoms with Crippen molar-refractivity contribution in [3.63, 3.8) is 0 Å². The lowest BCUT2D eigenvalue weighted by atomic mass is 10.2. The Morgan fingerprint density at radius 1 is 1.47 bits per heavy atom. The van der Waals surface area contributed by atoms with E-state index in [9.17, 15) is 9.90 Å². The molecular formula is C13H17N3O3. The quantitative estimate of drug-likeness (QED) is 0.913. The number of carboxylic acid groups (broad SMARTS) is 1. The average Bonchev–Trinajstić information content (AvgIpc) is 2.82. The molecule has 2 aromatic rings. The third kappa shape index (κ3) is 2.47. The van der Waals surface area contributed by atoms with Crippen molar-refractivity contribution < 1.29 is 14.3 Å². The highest BCUT2D eigenvalue weighted by Crippen LogP contribution is 2.24. The summed E-state index contributed by atoms with van der Waals surface area (Å²) in [6, 6.07) is 3.77. The van der Waals surface area contributed by atoms with Crippen LogP contribution in [0, 0.1) is 13.8 Å². The minimum Gasteiger partial charge on any atom is -0.477 e. The summed E-state index contributed by atoms with van der Waals surface area (Å²) in [6.45, 7) is 4.06. The van der Waals surface area contributed by atoms with Crippen LogP contribution in [0.4, 0.5) is 5.82 Å². The number of nitrogens with zero attached hydrogens (tertiary/aromatic N) is 3. The van der Waals surface area contributed by atoms with Crippen molar-refractivity contribution in [1.29, 1.82) is 0 Å². The van der Waals surface area contributed by atoms with Crippen LogP contribution in [0.2, 0.25) is 0 Å². The molecule has 102 valence electrons. The zero-order chi connectivity index (χ0) is 14.2. The molecule has 1 N–H and O–H groups in total. The number of aromatic nitrogens is 2. The standard InChI is InChI=1S/C13H17N3O3/c1-8-5-6-10(19-8)7-15(3)12-11(13(17)18)9(2)14-16(12)4/h5-6H,7H2,1-4H3,(H,17,18). The maximum absolute atomic E-state index is 11.3. The van der Waals surface area contributed by atoms with Crippen molar-refractivity contribution in [2.45, 2.75) is 20.4 Å². The lowest BCUT2D eigenvalue weighted by Crippen LogP contribution is -2.21. The second-order valence-corrected chi connectivity index (χ2v) is 4.58. The van der Waals surface area contributed by atoms with Gasteiger partial charge in [0.2, 0.25) is 0 Å². The van der Waals surface area contributed by atoms with Gasteiger partial charge >= 0.3 is 5.97 Å². The molecule has 0 aliphatic heterocycles. The highest BCUT2D eigenvalue weighted by Gasteiger charge is 2.22. The summed E-state index contributed by atoms with van der Waals surface area (Å²) >= 11 is 0. The van der Waals surface area contributed by atoms with Gasteiger partial charge in [0.15, 0.2) is 0 Å².